The van der Waals surface area contributed by atoms with Crippen LogP contribution in [0, 0.1) is 0 Å². The molecule has 1 rings (SSSR count). The summed E-state index contributed by atoms with van der Waals surface area (Å²) in [5.41, 5.74) is 0.344. The van der Waals surface area contributed by atoms with Crippen molar-refractivity contribution in [2.75, 3.05) is 6.54 Å². The van der Waals surface area contributed by atoms with Crippen molar-refractivity contribution in [3.8, 4) is 0 Å². The molecular formula is C8H9F2NO. The molecule has 1 aliphatic carbocycles. The number of nitrogens with one attached hydrogen (secondary N) is 1. The molecule has 0 bridgehead atoms. The van der Waals surface area contributed by atoms with E-state index in [4.69, 9.17) is 0 Å². The number of hydrogen-bond acceptors (Lipinski definition) is 1. The first-order valence-electron chi connectivity index (χ1n) is 3.61. The number of allylic oxidation sites excluding steroid dienone is 2. The lowest BCUT2D eigenvalue weighted by Gasteiger charge is -2.11. The van der Waals surface area contributed by atoms with Crippen molar-refractivity contribution in [2.45, 2.75) is 12.6 Å². The first-order valence-corrected chi connectivity index (χ1v) is 3.61. The maximum atomic E-state index is 12.9. The zero-order chi connectivity index (χ0) is 8.97. The second kappa shape index (κ2) is 3.99. The van der Waals surface area contributed by atoms with Gasteiger partial charge >= 0.3 is 0 Å². The van der Waals surface area contributed by atoms with Crippen LogP contribution in [-0.2, 0) is 4.79 Å². The van der Waals surface area contributed by atoms with Gasteiger partial charge in [0.2, 0.25) is 6.41 Å². The number of carbonyl (C=O) groups excluding carboxylic acids is 1. The van der Waals surface area contributed by atoms with Crippen LogP contribution in [0.15, 0.2) is 23.6 Å². The molecule has 1 atom stereocenters. The molecule has 0 saturated carbocycles. The van der Waals surface area contributed by atoms with Crippen molar-refractivity contribution in [1.82, 2.24) is 5.32 Å². The Bertz CT molecular complexity index is 235. The van der Waals surface area contributed by atoms with Gasteiger partial charge in [0.05, 0.1) is 0 Å². The maximum absolute atomic E-state index is 12.9. The van der Waals surface area contributed by atoms with Crippen molar-refractivity contribution < 1.29 is 13.6 Å². The van der Waals surface area contributed by atoms with Crippen LogP contribution in [-0.4, -0.2) is 19.1 Å². The van der Waals surface area contributed by atoms with Crippen LogP contribution >= 0.6 is 0 Å². The quantitative estimate of drug-likeness (QED) is 0.639. The minimum Gasteiger partial charge on any atom is -0.355 e. The topological polar surface area (TPSA) is 29.1 Å². The molecule has 1 unspecified atom stereocenters. The Labute approximate surface area is 69.0 Å². The lowest BCUT2D eigenvalue weighted by molar-refractivity contribution is -0.109. The van der Waals surface area contributed by atoms with Crippen LogP contribution in [0.2, 0.25) is 0 Å². The van der Waals surface area contributed by atoms with Gasteiger partial charge in [-0.05, 0) is 6.08 Å². The highest BCUT2D eigenvalue weighted by Crippen LogP contribution is 2.21. The van der Waals surface area contributed by atoms with Crippen molar-refractivity contribution in [3.05, 3.63) is 23.6 Å². The molecule has 0 aliphatic heterocycles. The van der Waals surface area contributed by atoms with Gasteiger partial charge in [-0.1, -0.05) is 6.08 Å². The third kappa shape index (κ3) is 2.15. The van der Waals surface area contributed by atoms with E-state index < -0.39 is 12.0 Å². The van der Waals surface area contributed by atoms with Crippen molar-refractivity contribution in [2.24, 2.45) is 0 Å². The third-order valence-corrected chi connectivity index (χ3v) is 1.60. The summed E-state index contributed by atoms with van der Waals surface area (Å²) < 4.78 is 25.3. The molecule has 4 heteroatoms. The second-order valence-electron chi connectivity index (χ2n) is 2.51. The Balaban J connectivity index is 2.57. The van der Waals surface area contributed by atoms with Gasteiger partial charge in [-0.2, -0.15) is 0 Å². The molecule has 12 heavy (non-hydrogen) atoms. The van der Waals surface area contributed by atoms with Crippen LogP contribution in [0.5, 0.6) is 0 Å². The molecule has 0 saturated heterocycles. The number of carbonyl (C=O) groups is 1. The fourth-order valence-electron chi connectivity index (χ4n) is 0.988. The van der Waals surface area contributed by atoms with Gasteiger partial charge in [-0.15, -0.1) is 0 Å². The molecule has 2 nitrogen and oxygen atoms in total. The average Bonchev–Trinajstić information content (AvgIpc) is 2.03. The number of amides is 1. The van der Waals surface area contributed by atoms with Gasteiger partial charge in [0.1, 0.15) is 12.0 Å². The molecule has 0 aromatic rings. The Hall–Kier alpha value is -1.19. The molecule has 0 heterocycles. The highest BCUT2D eigenvalue weighted by atomic mass is 19.1. The summed E-state index contributed by atoms with van der Waals surface area (Å²) in [6.07, 6.45) is 1.68. The van der Waals surface area contributed by atoms with Crippen molar-refractivity contribution in [3.63, 3.8) is 0 Å². The van der Waals surface area contributed by atoms with Crippen LogP contribution in [0.3, 0.4) is 0 Å². The lowest BCUT2D eigenvalue weighted by Crippen LogP contribution is -2.16. The second-order valence-corrected chi connectivity index (χ2v) is 2.51. The first kappa shape index (κ1) is 8.90. The predicted octanol–water partition coefficient (Wildman–Crippen LogP) is 1.25. The minimum absolute atomic E-state index is 0.124. The monoisotopic (exact) mass is 173 g/mol. The standard InChI is InChI=1S/C8H9F2NO/c9-7-2-1-6(4-11-5-12)8(10)3-7/h1-2,5,7H,3-4H2,(H,11,12). The van der Waals surface area contributed by atoms with Crippen molar-refractivity contribution in [1.29, 1.82) is 0 Å². The average molecular weight is 173 g/mol. The van der Waals surface area contributed by atoms with E-state index in [9.17, 15) is 13.6 Å². The summed E-state index contributed by atoms with van der Waals surface area (Å²) >= 11 is 0. The first-order chi connectivity index (χ1) is 5.74. The van der Waals surface area contributed by atoms with E-state index in [1.165, 1.54) is 12.2 Å². The SMILES string of the molecule is O=CNCC1=C(F)CC(F)C=C1. The summed E-state index contributed by atoms with van der Waals surface area (Å²) in [5, 5.41) is 2.31. The lowest BCUT2D eigenvalue weighted by atomic mass is 10.0. The molecule has 1 N–H and O–H groups in total. The number of halogens is 2. The molecule has 1 amide bonds. The summed E-state index contributed by atoms with van der Waals surface area (Å²) in [4.78, 5) is 9.86. The van der Waals surface area contributed by atoms with E-state index in [0.717, 1.165) is 0 Å². The molecular weight excluding hydrogens is 164 g/mol. The highest BCUT2D eigenvalue weighted by molar-refractivity contribution is 5.47. The van der Waals surface area contributed by atoms with Crippen LogP contribution in [0.1, 0.15) is 6.42 Å². The number of alkyl halides is 1. The molecule has 1 aliphatic rings. The molecule has 0 fully saturated rings. The van der Waals surface area contributed by atoms with E-state index in [1.807, 2.05) is 0 Å². The van der Waals surface area contributed by atoms with Gasteiger partial charge in [0, 0.05) is 18.5 Å². The third-order valence-electron chi connectivity index (χ3n) is 1.60. The Morgan fingerprint density at radius 2 is 2.50 bits per heavy atom. The number of hydrogen-bond donors (Lipinski definition) is 1. The van der Waals surface area contributed by atoms with Crippen LogP contribution in [0.25, 0.3) is 0 Å². The van der Waals surface area contributed by atoms with Gasteiger partial charge in [-0.25, -0.2) is 8.78 Å². The fourth-order valence-corrected chi connectivity index (χ4v) is 0.988. The molecule has 0 radical (unpaired) electrons. The van der Waals surface area contributed by atoms with Crippen LogP contribution < -0.4 is 5.32 Å². The van der Waals surface area contributed by atoms with E-state index in [0.29, 0.717) is 12.0 Å². The number of rotatable bonds is 3. The van der Waals surface area contributed by atoms with E-state index in [1.54, 1.807) is 0 Å². The van der Waals surface area contributed by atoms with Gasteiger partial charge in [0.15, 0.2) is 0 Å². The van der Waals surface area contributed by atoms with E-state index in [-0.39, 0.29) is 13.0 Å². The molecule has 0 spiro atoms. The summed E-state index contributed by atoms with van der Waals surface area (Å²) in [5.74, 6) is -0.487. The van der Waals surface area contributed by atoms with E-state index >= 15 is 0 Å². The molecule has 66 valence electrons. The zero-order valence-electron chi connectivity index (χ0n) is 6.39. The Morgan fingerprint density at radius 3 is 3.08 bits per heavy atom. The van der Waals surface area contributed by atoms with Gasteiger partial charge in [0.25, 0.3) is 0 Å². The zero-order valence-corrected chi connectivity index (χ0v) is 6.39. The molecule has 0 aromatic heterocycles. The minimum atomic E-state index is -1.23. The fraction of sp³-hybridized carbons (Fsp3) is 0.375. The summed E-state index contributed by atoms with van der Waals surface area (Å²) in [6, 6.07) is 0. The Morgan fingerprint density at radius 1 is 1.75 bits per heavy atom. The van der Waals surface area contributed by atoms with Gasteiger partial charge in [-0.3, -0.25) is 4.79 Å². The smallest absolute Gasteiger partial charge is 0.207 e. The van der Waals surface area contributed by atoms with Crippen molar-refractivity contribution >= 4 is 6.41 Å². The normalized spacial score (nSPS) is 22.7. The maximum Gasteiger partial charge on any atom is 0.207 e. The summed E-state index contributed by atoms with van der Waals surface area (Å²) in [7, 11) is 0. The van der Waals surface area contributed by atoms with Gasteiger partial charge < -0.3 is 5.32 Å². The Kier molecular flexibility index (Phi) is 2.96. The van der Waals surface area contributed by atoms with E-state index in [2.05, 4.69) is 5.32 Å². The largest absolute Gasteiger partial charge is 0.355 e. The predicted molar refractivity (Wildman–Crippen MR) is 40.9 cm³/mol. The van der Waals surface area contributed by atoms with Crippen LogP contribution in [0.4, 0.5) is 8.78 Å². The molecule has 0 aromatic carbocycles. The highest BCUT2D eigenvalue weighted by Gasteiger charge is 2.14. The summed E-state index contributed by atoms with van der Waals surface area (Å²) in [6.45, 7) is 0.124.